The molecule has 2 nitrogen and oxygen atoms in total. The quantitative estimate of drug-likeness (QED) is 0.640. The lowest BCUT2D eigenvalue weighted by Crippen LogP contribution is -1.89. The molecule has 0 amide bonds. The summed E-state index contributed by atoms with van der Waals surface area (Å²) in [5.74, 6) is -0.193. The molecule has 0 spiro atoms. The Morgan fingerprint density at radius 3 is 2.81 bits per heavy atom. The van der Waals surface area contributed by atoms with Gasteiger partial charge in [0.05, 0.1) is 5.69 Å². The molecule has 21 heavy (non-hydrogen) atoms. The molecule has 0 saturated heterocycles. The van der Waals surface area contributed by atoms with E-state index >= 15 is 0 Å². The lowest BCUT2D eigenvalue weighted by Gasteiger charge is -2.03. The molecule has 0 saturated carbocycles. The molecule has 0 radical (unpaired) electrons. The second-order valence-electron chi connectivity index (χ2n) is 4.64. The summed E-state index contributed by atoms with van der Waals surface area (Å²) in [4.78, 5) is 4.55. The third-order valence-electron chi connectivity index (χ3n) is 3.03. The van der Waals surface area contributed by atoms with E-state index in [-0.39, 0.29) is 5.82 Å². The number of hydrogen-bond acceptors (Lipinski definition) is 3. The van der Waals surface area contributed by atoms with Crippen LogP contribution >= 0.6 is 27.3 Å². The fraction of sp³-hybridized carbons (Fsp3) is 0.0625. The molecule has 0 atom stereocenters. The zero-order valence-corrected chi connectivity index (χ0v) is 13.6. The van der Waals surface area contributed by atoms with Crippen molar-refractivity contribution in [3.63, 3.8) is 0 Å². The van der Waals surface area contributed by atoms with Gasteiger partial charge < -0.3 is 5.32 Å². The number of nitrogens with one attached hydrogen (secondary N) is 1. The maximum absolute atomic E-state index is 13.3. The molecule has 0 aliphatic carbocycles. The highest BCUT2D eigenvalue weighted by molar-refractivity contribution is 9.10. The second-order valence-corrected chi connectivity index (χ2v) is 6.41. The molecule has 1 heterocycles. The van der Waals surface area contributed by atoms with E-state index in [0.717, 1.165) is 26.5 Å². The smallest absolute Gasteiger partial charge is 0.187 e. The molecule has 1 N–H and O–H groups in total. The average Bonchev–Trinajstić information content (AvgIpc) is 2.90. The first-order chi connectivity index (χ1) is 10.1. The maximum atomic E-state index is 13.3. The van der Waals surface area contributed by atoms with E-state index in [1.54, 1.807) is 13.0 Å². The second kappa shape index (κ2) is 5.95. The molecule has 106 valence electrons. The summed E-state index contributed by atoms with van der Waals surface area (Å²) in [5.41, 5.74) is 3.37. The zero-order valence-electron chi connectivity index (χ0n) is 11.2. The first-order valence-corrected chi connectivity index (χ1v) is 8.04. The summed E-state index contributed by atoms with van der Waals surface area (Å²) in [7, 11) is 0. The largest absolute Gasteiger partial charge is 0.332 e. The van der Waals surface area contributed by atoms with E-state index in [9.17, 15) is 4.39 Å². The van der Waals surface area contributed by atoms with Gasteiger partial charge in [0.1, 0.15) is 5.82 Å². The molecule has 5 heteroatoms. The van der Waals surface area contributed by atoms with Crippen LogP contribution in [0, 0.1) is 12.7 Å². The van der Waals surface area contributed by atoms with E-state index in [2.05, 4.69) is 26.2 Å². The van der Waals surface area contributed by atoms with Gasteiger partial charge in [-0.25, -0.2) is 9.37 Å². The number of aromatic nitrogens is 1. The molecule has 0 bridgehead atoms. The van der Waals surface area contributed by atoms with E-state index in [1.165, 1.54) is 17.4 Å². The lowest BCUT2D eigenvalue weighted by molar-refractivity contribution is 0.619. The van der Waals surface area contributed by atoms with Crippen LogP contribution in [0.15, 0.2) is 52.3 Å². The van der Waals surface area contributed by atoms with E-state index < -0.39 is 0 Å². The molecular formula is C16H12BrFN2S. The highest BCUT2D eigenvalue weighted by Gasteiger charge is 2.07. The third kappa shape index (κ3) is 3.31. The van der Waals surface area contributed by atoms with Crippen LogP contribution < -0.4 is 5.32 Å². The third-order valence-corrected chi connectivity index (χ3v) is 4.28. The van der Waals surface area contributed by atoms with Gasteiger partial charge in [0.2, 0.25) is 0 Å². The molecule has 0 aliphatic heterocycles. The topological polar surface area (TPSA) is 24.9 Å². The maximum Gasteiger partial charge on any atom is 0.187 e. The van der Waals surface area contributed by atoms with Gasteiger partial charge in [-0.3, -0.25) is 0 Å². The Balaban J connectivity index is 1.84. The molecule has 0 fully saturated rings. The van der Waals surface area contributed by atoms with E-state index in [1.807, 2.05) is 35.7 Å². The van der Waals surface area contributed by atoms with Crippen molar-refractivity contribution in [3.8, 4) is 11.3 Å². The van der Waals surface area contributed by atoms with Crippen molar-refractivity contribution >= 4 is 38.1 Å². The molecule has 3 aromatic rings. The van der Waals surface area contributed by atoms with Gasteiger partial charge in [-0.1, -0.05) is 22.0 Å². The summed E-state index contributed by atoms with van der Waals surface area (Å²) in [6, 6.07) is 12.9. The number of hydrogen-bond donors (Lipinski definition) is 1. The van der Waals surface area contributed by atoms with Crippen molar-refractivity contribution < 1.29 is 4.39 Å². The number of rotatable bonds is 3. The van der Waals surface area contributed by atoms with Gasteiger partial charge in [-0.2, -0.15) is 0 Å². The molecular weight excluding hydrogens is 351 g/mol. The summed E-state index contributed by atoms with van der Waals surface area (Å²) in [6.45, 7) is 1.76. The monoisotopic (exact) mass is 362 g/mol. The van der Waals surface area contributed by atoms with Gasteiger partial charge >= 0.3 is 0 Å². The standard InChI is InChI=1S/C16H12BrFN2S/c1-10-7-11(5-6-14(10)18)15-9-21-16(20-15)19-13-4-2-3-12(17)8-13/h2-9H,1H3,(H,19,20). The Morgan fingerprint density at radius 2 is 2.05 bits per heavy atom. The van der Waals surface area contributed by atoms with Crippen LogP contribution in [0.1, 0.15) is 5.56 Å². The first kappa shape index (κ1) is 14.2. The molecule has 0 aliphatic rings. The Bertz CT molecular complexity index is 785. The van der Waals surface area contributed by atoms with Crippen molar-refractivity contribution in [2.75, 3.05) is 5.32 Å². The van der Waals surface area contributed by atoms with Gasteiger partial charge in [0.15, 0.2) is 5.13 Å². The highest BCUT2D eigenvalue weighted by atomic mass is 79.9. The Kier molecular flexibility index (Phi) is 4.03. The Morgan fingerprint density at radius 1 is 1.19 bits per heavy atom. The fourth-order valence-electron chi connectivity index (χ4n) is 1.96. The summed E-state index contributed by atoms with van der Waals surface area (Å²) in [6.07, 6.45) is 0. The van der Waals surface area contributed by atoms with Gasteiger partial charge in [0, 0.05) is 21.1 Å². The molecule has 2 aromatic carbocycles. The molecule has 3 rings (SSSR count). The van der Waals surface area contributed by atoms with Crippen molar-refractivity contribution in [1.82, 2.24) is 4.98 Å². The number of anilines is 2. The van der Waals surface area contributed by atoms with E-state index in [0.29, 0.717) is 5.56 Å². The Labute approximate surface area is 134 Å². The number of halogens is 2. The van der Waals surface area contributed by atoms with Crippen LogP contribution in [0.2, 0.25) is 0 Å². The minimum Gasteiger partial charge on any atom is -0.332 e. The SMILES string of the molecule is Cc1cc(-c2csc(Nc3cccc(Br)c3)n2)ccc1F. The van der Waals surface area contributed by atoms with Gasteiger partial charge in [-0.15, -0.1) is 11.3 Å². The average molecular weight is 363 g/mol. The minimum absolute atomic E-state index is 0.193. The van der Waals surface area contributed by atoms with Crippen molar-refractivity contribution in [3.05, 3.63) is 63.7 Å². The predicted octanol–water partition coefficient (Wildman–Crippen LogP) is 5.76. The minimum atomic E-state index is -0.193. The number of thiazole rings is 1. The van der Waals surface area contributed by atoms with Crippen LogP contribution in [-0.4, -0.2) is 4.98 Å². The van der Waals surface area contributed by atoms with Crippen LogP contribution in [0.25, 0.3) is 11.3 Å². The van der Waals surface area contributed by atoms with Crippen LogP contribution in [0.4, 0.5) is 15.2 Å². The zero-order chi connectivity index (χ0) is 14.8. The summed E-state index contributed by atoms with van der Waals surface area (Å²) in [5, 5.41) is 6.04. The van der Waals surface area contributed by atoms with Crippen LogP contribution in [-0.2, 0) is 0 Å². The fourth-order valence-corrected chi connectivity index (χ4v) is 3.10. The van der Waals surface area contributed by atoms with Crippen molar-refractivity contribution in [1.29, 1.82) is 0 Å². The Hall–Kier alpha value is -1.72. The van der Waals surface area contributed by atoms with Crippen LogP contribution in [0.5, 0.6) is 0 Å². The normalized spacial score (nSPS) is 10.6. The predicted molar refractivity (Wildman–Crippen MR) is 89.7 cm³/mol. The van der Waals surface area contributed by atoms with Crippen LogP contribution in [0.3, 0.4) is 0 Å². The first-order valence-electron chi connectivity index (χ1n) is 6.36. The number of aryl methyl sites for hydroxylation is 1. The summed E-state index contributed by atoms with van der Waals surface area (Å²) >= 11 is 4.96. The lowest BCUT2D eigenvalue weighted by atomic mass is 10.1. The summed E-state index contributed by atoms with van der Waals surface area (Å²) < 4.78 is 14.3. The number of nitrogens with zero attached hydrogens (tertiary/aromatic N) is 1. The van der Waals surface area contributed by atoms with Crippen molar-refractivity contribution in [2.45, 2.75) is 6.92 Å². The van der Waals surface area contributed by atoms with Crippen molar-refractivity contribution in [2.24, 2.45) is 0 Å². The van der Waals surface area contributed by atoms with Gasteiger partial charge in [-0.05, 0) is 48.9 Å². The highest BCUT2D eigenvalue weighted by Crippen LogP contribution is 2.28. The van der Waals surface area contributed by atoms with E-state index in [4.69, 9.17) is 0 Å². The number of benzene rings is 2. The molecule has 1 aromatic heterocycles. The van der Waals surface area contributed by atoms with Gasteiger partial charge in [0.25, 0.3) is 0 Å². The molecule has 0 unspecified atom stereocenters.